The topological polar surface area (TPSA) is 76.0 Å². The lowest BCUT2D eigenvalue weighted by atomic mass is 10.1. The van der Waals surface area contributed by atoms with Gasteiger partial charge in [-0.15, -0.1) is 11.8 Å². The summed E-state index contributed by atoms with van der Waals surface area (Å²) in [6.45, 7) is 1.10. The second-order valence-electron chi connectivity index (χ2n) is 6.72. The van der Waals surface area contributed by atoms with Crippen LogP contribution in [0.25, 0.3) is 0 Å². The molecule has 1 aliphatic rings. The first-order valence-electron chi connectivity index (χ1n) is 9.15. The molecule has 2 N–H and O–H groups in total. The highest BCUT2D eigenvalue weighted by atomic mass is 35.5. The molecule has 29 heavy (non-hydrogen) atoms. The number of amides is 2. The highest BCUT2D eigenvalue weighted by molar-refractivity contribution is 8.01. The molecule has 3 aromatic rings. The van der Waals surface area contributed by atoms with E-state index < -0.39 is 5.25 Å². The van der Waals surface area contributed by atoms with E-state index in [-0.39, 0.29) is 18.2 Å². The van der Waals surface area contributed by atoms with Crippen LogP contribution in [0.3, 0.4) is 0 Å². The zero-order valence-electron chi connectivity index (χ0n) is 15.5. The summed E-state index contributed by atoms with van der Waals surface area (Å²) in [5, 5.41) is 5.87. The zero-order valence-corrected chi connectivity index (χ0v) is 17.0. The quantitative estimate of drug-likeness (QED) is 0.630. The average molecular weight is 427 g/mol. The largest absolute Gasteiger partial charge is 0.352 e. The molecule has 0 aliphatic carbocycles. The van der Waals surface area contributed by atoms with Crippen LogP contribution in [0.4, 0.5) is 5.69 Å². The lowest BCUT2D eigenvalue weighted by Gasteiger charge is -2.24. The number of anilines is 1. The SMILES string of the molecule is O=C(CC1Sc2ccc(Cl)cc2NC1=O)NCc1ccccc1Cn1ccnc1. The fraction of sp³-hybridized carbons (Fsp3) is 0.190. The van der Waals surface area contributed by atoms with Gasteiger partial charge in [0.1, 0.15) is 0 Å². The molecule has 2 heterocycles. The van der Waals surface area contributed by atoms with Crippen LogP contribution in [0.2, 0.25) is 5.02 Å². The number of hydrogen-bond donors (Lipinski definition) is 2. The number of nitrogens with zero attached hydrogens (tertiary/aromatic N) is 2. The summed E-state index contributed by atoms with van der Waals surface area (Å²) in [5.41, 5.74) is 2.84. The van der Waals surface area contributed by atoms with Crippen molar-refractivity contribution in [1.29, 1.82) is 0 Å². The third-order valence-corrected chi connectivity index (χ3v) is 6.15. The molecule has 1 atom stereocenters. The fourth-order valence-electron chi connectivity index (χ4n) is 3.15. The third-order valence-electron chi connectivity index (χ3n) is 4.64. The van der Waals surface area contributed by atoms with E-state index in [1.54, 1.807) is 24.7 Å². The van der Waals surface area contributed by atoms with Crippen molar-refractivity contribution in [1.82, 2.24) is 14.9 Å². The van der Waals surface area contributed by atoms with E-state index in [0.29, 0.717) is 23.8 Å². The molecule has 8 heteroatoms. The number of aromatic nitrogens is 2. The summed E-state index contributed by atoms with van der Waals surface area (Å²) >= 11 is 7.36. The molecule has 2 amide bonds. The molecule has 0 radical (unpaired) electrons. The van der Waals surface area contributed by atoms with Gasteiger partial charge in [0, 0.05) is 41.8 Å². The molecule has 1 aromatic heterocycles. The number of benzene rings is 2. The number of thioether (sulfide) groups is 1. The van der Waals surface area contributed by atoms with E-state index in [1.165, 1.54) is 11.8 Å². The molecule has 1 aliphatic heterocycles. The molecule has 0 saturated carbocycles. The van der Waals surface area contributed by atoms with Crippen LogP contribution < -0.4 is 10.6 Å². The van der Waals surface area contributed by atoms with Crippen LogP contribution in [-0.2, 0) is 22.7 Å². The Morgan fingerprint density at radius 1 is 1.24 bits per heavy atom. The Balaban J connectivity index is 1.36. The molecular formula is C21H19ClN4O2S. The van der Waals surface area contributed by atoms with Gasteiger partial charge in [0.15, 0.2) is 0 Å². The first-order valence-corrected chi connectivity index (χ1v) is 10.4. The summed E-state index contributed by atoms with van der Waals surface area (Å²) < 4.78 is 1.98. The normalized spacial score (nSPS) is 15.5. The molecule has 4 rings (SSSR count). The van der Waals surface area contributed by atoms with Gasteiger partial charge in [0.05, 0.1) is 17.3 Å². The minimum Gasteiger partial charge on any atom is -0.352 e. The van der Waals surface area contributed by atoms with Gasteiger partial charge >= 0.3 is 0 Å². The van der Waals surface area contributed by atoms with Crippen molar-refractivity contribution in [3.63, 3.8) is 0 Å². The van der Waals surface area contributed by atoms with Crippen molar-refractivity contribution in [2.75, 3.05) is 5.32 Å². The minimum absolute atomic E-state index is 0.113. The van der Waals surface area contributed by atoms with Gasteiger partial charge in [-0.3, -0.25) is 9.59 Å². The summed E-state index contributed by atoms with van der Waals surface area (Å²) in [5.74, 6) is -0.340. The van der Waals surface area contributed by atoms with Gasteiger partial charge in [0.2, 0.25) is 11.8 Å². The summed E-state index contributed by atoms with van der Waals surface area (Å²) in [6.07, 6.45) is 5.52. The van der Waals surface area contributed by atoms with Gasteiger partial charge in [0.25, 0.3) is 0 Å². The zero-order chi connectivity index (χ0) is 20.2. The predicted molar refractivity (Wildman–Crippen MR) is 114 cm³/mol. The van der Waals surface area contributed by atoms with Gasteiger partial charge in [-0.25, -0.2) is 4.98 Å². The Bertz CT molecular complexity index is 1040. The molecule has 148 valence electrons. The molecule has 0 fully saturated rings. The van der Waals surface area contributed by atoms with Crippen LogP contribution in [0.5, 0.6) is 0 Å². The van der Waals surface area contributed by atoms with Crippen LogP contribution in [0.15, 0.2) is 66.1 Å². The molecule has 0 bridgehead atoms. The van der Waals surface area contributed by atoms with Crippen molar-refractivity contribution < 1.29 is 9.59 Å². The fourth-order valence-corrected chi connectivity index (χ4v) is 4.42. The maximum absolute atomic E-state index is 12.5. The van der Waals surface area contributed by atoms with E-state index in [2.05, 4.69) is 15.6 Å². The number of carbonyl (C=O) groups excluding carboxylic acids is 2. The number of carbonyl (C=O) groups is 2. The van der Waals surface area contributed by atoms with Crippen molar-refractivity contribution in [2.45, 2.75) is 29.7 Å². The second kappa shape index (κ2) is 8.71. The standard InChI is InChI=1S/C21H19ClN4O2S/c22-16-5-6-18-17(9-16)25-21(28)19(29-18)10-20(27)24-11-14-3-1-2-4-15(14)12-26-8-7-23-13-26/h1-9,13,19H,10-12H2,(H,24,27)(H,25,28). The molecule has 1 unspecified atom stereocenters. The Morgan fingerprint density at radius 2 is 2.07 bits per heavy atom. The Kier molecular flexibility index (Phi) is 5.87. The number of nitrogens with one attached hydrogen (secondary N) is 2. The predicted octanol–water partition coefficient (Wildman–Crippen LogP) is 3.70. The lowest BCUT2D eigenvalue weighted by Crippen LogP contribution is -2.34. The van der Waals surface area contributed by atoms with Crippen LogP contribution >= 0.6 is 23.4 Å². The van der Waals surface area contributed by atoms with Crippen LogP contribution in [0, 0.1) is 0 Å². The third kappa shape index (κ3) is 4.81. The lowest BCUT2D eigenvalue weighted by molar-refractivity contribution is -0.124. The highest BCUT2D eigenvalue weighted by Gasteiger charge is 2.29. The van der Waals surface area contributed by atoms with Gasteiger partial charge in [-0.2, -0.15) is 0 Å². The molecule has 0 saturated heterocycles. The van der Waals surface area contributed by atoms with Gasteiger partial charge in [-0.05, 0) is 29.3 Å². The molecule has 6 nitrogen and oxygen atoms in total. The van der Waals surface area contributed by atoms with E-state index in [9.17, 15) is 9.59 Å². The van der Waals surface area contributed by atoms with Crippen molar-refractivity contribution >= 4 is 40.9 Å². The van der Waals surface area contributed by atoms with Gasteiger partial charge in [-0.1, -0.05) is 35.9 Å². The molecular weight excluding hydrogens is 408 g/mol. The summed E-state index contributed by atoms with van der Waals surface area (Å²) in [4.78, 5) is 29.8. The maximum Gasteiger partial charge on any atom is 0.238 e. The molecule has 2 aromatic carbocycles. The van der Waals surface area contributed by atoms with E-state index in [1.807, 2.05) is 41.1 Å². The Labute approximate surface area is 177 Å². The maximum atomic E-state index is 12.5. The number of halogens is 1. The number of fused-ring (bicyclic) bond motifs is 1. The van der Waals surface area contributed by atoms with Crippen molar-refractivity contribution in [2.24, 2.45) is 0 Å². The highest BCUT2D eigenvalue weighted by Crippen LogP contribution is 2.38. The van der Waals surface area contributed by atoms with Crippen LogP contribution in [0.1, 0.15) is 17.5 Å². The number of imidazole rings is 1. The van der Waals surface area contributed by atoms with E-state index in [0.717, 1.165) is 16.0 Å². The number of hydrogen-bond acceptors (Lipinski definition) is 4. The smallest absolute Gasteiger partial charge is 0.238 e. The van der Waals surface area contributed by atoms with Crippen molar-refractivity contribution in [3.05, 3.63) is 77.3 Å². The number of rotatable bonds is 6. The average Bonchev–Trinajstić information content (AvgIpc) is 3.21. The monoisotopic (exact) mass is 426 g/mol. The Morgan fingerprint density at radius 3 is 2.86 bits per heavy atom. The van der Waals surface area contributed by atoms with Crippen molar-refractivity contribution in [3.8, 4) is 0 Å². The van der Waals surface area contributed by atoms with E-state index >= 15 is 0 Å². The molecule has 0 spiro atoms. The second-order valence-corrected chi connectivity index (χ2v) is 8.40. The summed E-state index contributed by atoms with van der Waals surface area (Å²) in [7, 11) is 0. The van der Waals surface area contributed by atoms with E-state index in [4.69, 9.17) is 11.6 Å². The first kappa shape index (κ1) is 19.5. The summed E-state index contributed by atoms with van der Waals surface area (Å²) in [6, 6.07) is 13.3. The van der Waals surface area contributed by atoms with Gasteiger partial charge < -0.3 is 15.2 Å². The Hall–Kier alpha value is -2.77. The first-order chi connectivity index (χ1) is 14.1. The minimum atomic E-state index is -0.468. The van der Waals surface area contributed by atoms with Crippen LogP contribution in [-0.4, -0.2) is 26.6 Å².